The van der Waals surface area contributed by atoms with E-state index in [2.05, 4.69) is 12.1 Å². The van der Waals surface area contributed by atoms with Crippen LogP contribution in [-0.2, 0) is 54.1 Å². The molecule has 0 atom stereocenters. The van der Waals surface area contributed by atoms with Crippen molar-refractivity contribution in [2.75, 3.05) is 37.0 Å². The van der Waals surface area contributed by atoms with Crippen LogP contribution in [0.25, 0.3) is 0 Å². The summed E-state index contributed by atoms with van der Waals surface area (Å²) >= 11 is 0. The minimum absolute atomic E-state index is 0.0179. The summed E-state index contributed by atoms with van der Waals surface area (Å²) in [6.07, 6.45) is 11.8. The molecule has 0 heterocycles. The number of likely N-dealkylation sites (N-methyl/N-ethyl adjacent to an activating group) is 2. The first-order valence-corrected chi connectivity index (χ1v) is 31.6. The number of esters is 1. The van der Waals surface area contributed by atoms with Gasteiger partial charge in [0.2, 0.25) is 31.9 Å². The van der Waals surface area contributed by atoms with Crippen molar-refractivity contribution < 1.29 is 63.4 Å². The summed E-state index contributed by atoms with van der Waals surface area (Å²) in [5.41, 5.74) is 4.38. The summed E-state index contributed by atoms with van der Waals surface area (Å²) in [6.45, 7) is -1.04. The first-order chi connectivity index (χ1) is 42.6. The molecule has 22 heteroatoms. The van der Waals surface area contributed by atoms with E-state index < -0.39 is 101 Å². The van der Waals surface area contributed by atoms with Crippen LogP contribution in [0.4, 0.5) is 28.9 Å². The molecule has 0 aromatic heterocycles. The van der Waals surface area contributed by atoms with Gasteiger partial charge in [-0.1, -0.05) is 117 Å². The fourth-order valence-corrected chi connectivity index (χ4v) is 13.0. The number of rotatable bonds is 20. The topological polar surface area (TPSA) is 227 Å². The second-order valence-electron chi connectivity index (χ2n) is 21.9. The van der Waals surface area contributed by atoms with E-state index in [-0.39, 0.29) is 30.8 Å². The van der Waals surface area contributed by atoms with Crippen LogP contribution in [0.5, 0.6) is 0 Å². The molecule has 16 nitrogen and oxygen atoms in total. The van der Waals surface area contributed by atoms with Crippen molar-refractivity contribution in [1.82, 2.24) is 8.61 Å². The lowest BCUT2D eigenvalue weighted by molar-refractivity contribution is -0.119. The van der Waals surface area contributed by atoms with Gasteiger partial charge < -0.3 is 19.6 Å². The molecule has 2 aliphatic carbocycles. The number of carbonyl (C=O) groups is 4. The van der Waals surface area contributed by atoms with Gasteiger partial charge in [-0.25, -0.2) is 44.0 Å². The van der Waals surface area contributed by atoms with E-state index in [0.29, 0.717) is 45.7 Å². The Labute approximate surface area is 514 Å². The summed E-state index contributed by atoms with van der Waals surface area (Å²) in [5.74, 6) is -7.85. The normalized spacial score (nSPS) is 13.8. The third-order valence-corrected chi connectivity index (χ3v) is 19.4. The van der Waals surface area contributed by atoms with Crippen molar-refractivity contribution in [1.29, 1.82) is 10.5 Å². The van der Waals surface area contributed by atoms with E-state index in [9.17, 15) is 58.7 Å². The maximum Gasteiger partial charge on any atom is 0.338 e. The first kappa shape index (κ1) is 65.9. The molecular weight excluding hydrogens is 1190 g/mol. The summed E-state index contributed by atoms with van der Waals surface area (Å²) in [4.78, 5) is 52.8. The molecule has 2 fully saturated rings. The van der Waals surface area contributed by atoms with Gasteiger partial charge in [-0.15, -0.1) is 0 Å². The predicted octanol–water partition coefficient (Wildman–Crippen LogP) is 12.5. The number of anilines is 2. The lowest BCUT2D eigenvalue weighted by atomic mass is 9.84. The first-order valence-electron chi connectivity index (χ1n) is 28.7. The molecule has 2 saturated carbocycles. The maximum absolute atomic E-state index is 14.1. The standard InChI is InChI=1S/C37H35F2N3O5S.C30H29F2N3O5S/c1-41(48(45,46)33-20-31(22-40)36(39)34(38)21-33)24-35(43)42(23-26-12-14-29(15-13-26)28-10-6-3-7-11-28)32-18-16-30(17-19-32)37(44)47-25-27-8-4-2-5-9-27;1-34(41(39,40)26-15-24(17-33)29(32)27(31)16-26)19-28(36)35(25-13-11-23(12-14-25)30(37)38)18-20-7-9-22(10-8-20)21-5-3-2-4-6-21/h2,4-5,8-9,12-21,28H,3,6-7,10-11,23-25H2,1H3;7-16,21H,2-6,18-19H2,1H3,(H,37,38). The Bertz CT molecular complexity index is 4010. The lowest BCUT2D eigenvalue weighted by Crippen LogP contribution is -2.41. The lowest BCUT2D eigenvalue weighted by Gasteiger charge is -2.26. The van der Waals surface area contributed by atoms with Gasteiger partial charge in [0, 0.05) is 25.5 Å². The molecule has 0 aliphatic heterocycles. The Morgan fingerprint density at radius 2 is 0.899 bits per heavy atom. The van der Waals surface area contributed by atoms with Crippen molar-refractivity contribution >= 4 is 55.2 Å². The number of aromatic carboxylic acids is 1. The number of halogens is 4. The van der Waals surface area contributed by atoms with Crippen LogP contribution in [0.15, 0.2) is 161 Å². The average molecular weight is 1250 g/mol. The Kier molecular flexibility index (Phi) is 22.0. The number of hydrogen-bond acceptors (Lipinski definition) is 11. The maximum atomic E-state index is 14.1. The highest BCUT2D eigenvalue weighted by atomic mass is 32.2. The summed E-state index contributed by atoms with van der Waals surface area (Å²) in [6, 6.07) is 42.2. The largest absolute Gasteiger partial charge is 0.478 e. The molecule has 0 spiro atoms. The highest BCUT2D eigenvalue weighted by Gasteiger charge is 2.31. The molecule has 0 radical (unpaired) electrons. The van der Waals surface area contributed by atoms with Crippen LogP contribution < -0.4 is 9.80 Å². The van der Waals surface area contributed by atoms with Gasteiger partial charge in [-0.3, -0.25) is 9.59 Å². The molecule has 0 unspecified atom stereocenters. The summed E-state index contributed by atoms with van der Waals surface area (Å²) in [7, 11) is -6.71. The van der Waals surface area contributed by atoms with Gasteiger partial charge in [0.1, 0.15) is 18.7 Å². The highest BCUT2D eigenvalue weighted by Crippen LogP contribution is 2.35. The molecule has 0 saturated heterocycles. The Morgan fingerprint density at radius 3 is 1.27 bits per heavy atom. The van der Waals surface area contributed by atoms with E-state index in [1.165, 1.54) is 108 Å². The van der Waals surface area contributed by atoms with Crippen molar-refractivity contribution in [2.45, 2.75) is 106 Å². The molecular formula is C67H64F4N6O10S2. The van der Waals surface area contributed by atoms with E-state index in [4.69, 9.17) is 15.3 Å². The van der Waals surface area contributed by atoms with Gasteiger partial charge in [0.15, 0.2) is 23.3 Å². The number of benzene rings is 7. The van der Waals surface area contributed by atoms with E-state index >= 15 is 0 Å². The third-order valence-electron chi connectivity index (χ3n) is 15.8. The fraction of sp³-hybridized carbons (Fsp3) is 0.284. The fourth-order valence-electron chi connectivity index (χ4n) is 10.7. The van der Waals surface area contributed by atoms with Crippen LogP contribution in [0.1, 0.15) is 136 Å². The SMILES string of the molecule is CN(CC(=O)N(Cc1ccc(C2CCCCC2)cc1)c1ccc(C(=O)O)cc1)S(=O)(=O)c1cc(F)c(F)c(C#N)c1.CN(CC(=O)N(Cc1ccc(C2CCCCC2)cc1)c1ccc(C(=O)OCc2ccccc2)cc1)S(=O)(=O)c1cc(F)c(F)c(C#N)c1. The van der Waals surface area contributed by atoms with Crippen LogP contribution in [0.3, 0.4) is 0 Å². The monoisotopic (exact) mass is 1250 g/mol. The smallest absolute Gasteiger partial charge is 0.338 e. The molecule has 1 N–H and O–H groups in total. The van der Waals surface area contributed by atoms with Gasteiger partial charge in [-0.05, 0) is 138 Å². The van der Waals surface area contributed by atoms with E-state index in [1.807, 2.05) is 66.7 Å². The number of carboxylic acid groups (broad SMARTS) is 1. The van der Waals surface area contributed by atoms with Gasteiger partial charge >= 0.3 is 11.9 Å². The van der Waals surface area contributed by atoms with Gasteiger partial charge in [0.05, 0.1) is 58.2 Å². The van der Waals surface area contributed by atoms with Crippen molar-refractivity contribution in [3.63, 3.8) is 0 Å². The Hall–Kier alpha value is -9.06. The van der Waals surface area contributed by atoms with Crippen LogP contribution in [0, 0.1) is 45.9 Å². The van der Waals surface area contributed by atoms with Crippen LogP contribution >= 0.6 is 0 Å². The Balaban J connectivity index is 0.000000233. The number of amides is 2. The number of hydrogen-bond donors (Lipinski definition) is 1. The van der Waals surface area contributed by atoms with Crippen molar-refractivity contribution in [2.24, 2.45) is 0 Å². The number of nitriles is 2. The second-order valence-corrected chi connectivity index (χ2v) is 25.9. The number of nitrogens with zero attached hydrogens (tertiary/aromatic N) is 6. The number of ether oxygens (including phenoxy) is 1. The number of carbonyl (C=O) groups excluding carboxylic acids is 3. The number of sulfonamides is 2. The molecule has 462 valence electrons. The minimum Gasteiger partial charge on any atom is -0.478 e. The minimum atomic E-state index is -4.49. The quantitative estimate of drug-likeness (QED) is 0.0555. The molecule has 89 heavy (non-hydrogen) atoms. The zero-order chi connectivity index (χ0) is 64.0. The summed E-state index contributed by atoms with van der Waals surface area (Å²) < 4.78 is 115. The van der Waals surface area contributed by atoms with Crippen LogP contribution in [-0.4, -0.2) is 81.5 Å². The van der Waals surface area contributed by atoms with Gasteiger partial charge in [0.25, 0.3) is 0 Å². The second kappa shape index (κ2) is 29.8. The van der Waals surface area contributed by atoms with Gasteiger partial charge in [-0.2, -0.15) is 19.1 Å². The number of carboxylic acids is 1. The molecule has 2 amide bonds. The summed E-state index contributed by atoms with van der Waals surface area (Å²) in [5, 5.41) is 27.4. The molecule has 2 aliphatic rings. The highest BCUT2D eigenvalue weighted by molar-refractivity contribution is 7.89. The molecule has 7 aromatic carbocycles. The Morgan fingerprint density at radius 1 is 0.517 bits per heavy atom. The zero-order valence-electron chi connectivity index (χ0n) is 48.8. The molecule has 0 bridgehead atoms. The third kappa shape index (κ3) is 16.6. The predicted molar refractivity (Wildman–Crippen MR) is 324 cm³/mol. The molecule has 7 aromatic rings. The molecule has 9 rings (SSSR count). The van der Waals surface area contributed by atoms with Crippen molar-refractivity contribution in [3.05, 3.63) is 225 Å². The zero-order valence-corrected chi connectivity index (χ0v) is 50.5. The average Bonchev–Trinajstić information content (AvgIpc) is 2.10. The van der Waals surface area contributed by atoms with E-state index in [0.717, 1.165) is 66.8 Å². The van der Waals surface area contributed by atoms with Crippen molar-refractivity contribution in [3.8, 4) is 12.1 Å². The van der Waals surface area contributed by atoms with E-state index in [1.54, 1.807) is 12.1 Å². The van der Waals surface area contributed by atoms with Crippen LogP contribution in [0.2, 0.25) is 0 Å².